The third-order valence-electron chi connectivity index (χ3n) is 3.20. The fraction of sp³-hybridized carbons (Fsp3) is 0.625. The molecule has 0 saturated carbocycles. The van der Waals surface area contributed by atoms with E-state index in [9.17, 15) is 0 Å². The Morgan fingerprint density at radius 1 is 1.21 bits per heavy atom. The lowest BCUT2D eigenvalue weighted by Gasteiger charge is -2.16. The molecule has 1 N–H and O–H groups in total. The summed E-state index contributed by atoms with van der Waals surface area (Å²) in [6, 6.07) is 9.02. The molecule has 19 heavy (non-hydrogen) atoms. The fourth-order valence-corrected chi connectivity index (χ4v) is 2.87. The van der Waals surface area contributed by atoms with Gasteiger partial charge in [-0.25, -0.2) is 0 Å². The molecular formula is C16H27NOS. The van der Waals surface area contributed by atoms with Gasteiger partial charge < -0.3 is 10.1 Å². The van der Waals surface area contributed by atoms with Gasteiger partial charge in [0.1, 0.15) is 5.75 Å². The summed E-state index contributed by atoms with van der Waals surface area (Å²) in [5, 5.41) is 3.61. The van der Waals surface area contributed by atoms with Crippen LogP contribution in [0.1, 0.15) is 39.5 Å². The van der Waals surface area contributed by atoms with Crippen LogP contribution >= 0.6 is 11.8 Å². The standard InChI is InChI=1S/C16H27NOS/c1-4-12-17-14(5-2)7-6-13-19-16-10-8-15(18-3)9-11-16/h8-11,14,17H,4-7,12-13H2,1-3H3. The lowest BCUT2D eigenvalue weighted by atomic mass is 10.1. The smallest absolute Gasteiger partial charge is 0.118 e. The van der Waals surface area contributed by atoms with Crippen molar-refractivity contribution in [1.82, 2.24) is 5.32 Å². The SMILES string of the molecule is CCCNC(CC)CCCSc1ccc(OC)cc1. The van der Waals surface area contributed by atoms with Gasteiger partial charge >= 0.3 is 0 Å². The molecule has 0 radical (unpaired) electrons. The Labute approximate surface area is 122 Å². The number of ether oxygens (including phenoxy) is 1. The predicted molar refractivity (Wildman–Crippen MR) is 85.3 cm³/mol. The number of thioether (sulfide) groups is 1. The van der Waals surface area contributed by atoms with Crippen molar-refractivity contribution in [2.75, 3.05) is 19.4 Å². The van der Waals surface area contributed by atoms with E-state index in [1.807, 2.05) is 23.9 Å². The first-order chi connectivity index (χ1) is 9.30. The molecule has 0 aliphatic carbocycles. The zero-order chi connectivity index (χ0) is 13.9. The van der Waals surface area contributed by atoms with E-state index in [2.05, 4.69) is 31.3 Å². The number of benzene rings is 1. The van der Waals surface area contributed by atoms with Crippen molar-refractivity contribution >= 4 is 11.8 Å². The van der Waals surface area contributed by atoms with Gasteiger partial charge in [-0.05, 0) is 62.2 Å². The molecule has 1 rings (SSSR count). The van der Waals surface area contributed by atoms with Gasteiger partial charge in [0.05, 0.1) is 7.11 Å². The van der Waals surface area contributed by atoms with E-state index in [1.165, 1.54) is 36.3 Å². The van der Waals surface area contributed by atoms with E-state index in [0.29, 0.717) is 6.04 Å². The van der Waals surface area contributed by atoms with Gasteiger partial charge in [0, 0.05) is 10.9 Å². The van der Waals surface area contributed by atoms with Crippen LogP contribution in [-0.2, 0) is 0 Å². The van der Waals surface area contributed by atoms with E-state index in [4.69, 9.17) is 4.74 Å². The van der Waals surface area contributed by atoms with Gasteiger partial charge in [-0.1, -0.05) is 13.8 Å². The molecule has 0 bridgehead atoms. The maximum absolute atomic E-state index is 5.16. The second kappa shape index (κ2) is 10.2. The Bertz CT molecular complexity index is 326. The highest BCUT2D eigenvalue weighted by Gasteiger charge is 2.04. The average Bonchev–Trinajstić information content (AvgIpc) is 2.47. The van der Waals surface area contributed by atoms with E-state index in [0.717, 1.165) is 12.3 Å². The summed E-state index contributed by atoms with van der Waals surface area (Å²) in [7, 11) is 1.70. The summed E-state index contributed by atoms with van der Waals surface area (Å²) >= 11 is 1.93. The van der Waals surface area contributed by atoms with Gasteiger partial charge in [-0.15, -0.1) is 11.8 Å². The Morgan fingerprint density at radius 2 is 1.95 bits per heavy atom. The first-order valence-electron chi connectivity index (χ1n) is 7.30. The van der Waals surface area contributed by atoms with Crippen LogP contribution in [0.15, 0.2) is 29.2 Å². The highest BCUT2D eigenvalue weighted by atomic mass is 32.2. The predicted octanol–water partition coefficient (Wildman–Crippen LogP) is 4.35. The largest absolute Gasteiger partial charge is 0.497 e. The zero-order valence-corrected chi connectivity index (χ0v) is 13.3. The van der Waals surface area contributed by atoms with Gasteiger partial charge in [-0.3, -0.25) is 0 Å². The third kappa shape index (κ3) is 6.88. The molecule has 3 heteroatoms. The molecule has 0 heterocycles. The van der Waals surface area contributed by atoms with E-state index >= 15 is 0 Å². The van der Waals surface area contributed by atoms with E-state index in [1.54, 1.807) is 7.11 Å². The van der Waals surface area contributed by atoms with Crippen molar-refractivity contribution in [2.24, 2.45) is 0 Å². The second-order valence-corrected chi connectivity index (χ2v) is 5.89. The van der Waals surface area contributed by atoms with Crippen LogP contribution in [0.4, 0.5) is 0 Å². The molecule has 108 valence electrons. The number of hydrogen-bond donors (Lipinski definition) is 1. The molecule has 0 spiro atoms. The van der Waals surface area contributed by atoms with Gasteiger partial charge in [0.25, 0.3) is 0 Å². The Balaban J connectivity index is 2.18. The zero-order valence-electron chi connectivity index (χ0n) is 12.4. The topological polar surface area (TPSA) is 21.3 Å². The molecular weight excluding hydrogens is 254 g/mol. The lowest BCUT2D eigenvalue weighted by molar-refractivity contribution is 0.414. The summed E-state index contributed by atoms with van der Waals surface area (Å²) < 4.78 is 5.16. The minimum absolute atomic E-state index is 0.691. The van der Waals surface area contributed by atoms with Crippen molar-refractivity contribution in [3.8, 4) is 5.75 Å². The second-order valence-electron chi connectivity index (χ2n) is 4.73. The number of methoxy groups -OCH3 is 1. The third-order valence-corrected chi connectivity index (χ3v) is 4.30. The summed E-state index contributed by atoms with van der Waals surface area (Å²) in [5.74, 6) is 2.12. The first kappa shape index (κ1) is 16.4. The van der Waals surface area contributed by atoms with E-state index in [-0.39, 0.29) is 0 Å². The van der Waals surface area contributed by atoms with Gasteiger partial charge in [0.15, 0.2) is 0 Å². The highest BCUT2D eigenvalue weighted by Crippen LogP contribution is 2.22. The molecule has 1 unspecified atom stereocenters. The molecule has 1 aromatic carbocycles. The molecule has 0 aliphatic heterocycles. The lowest BCUT2D eigenvalue weighted by Crippen LogP contribution is -2.29. The summed E-state index contributed by atoms with van der Waals surface area (Å²) in [5.41, 5.74) is 0. The maximum atomic E-state index is 5.16. The number of rotatable bonds is 10. The van der Waals surface area contributed by atoms with Crippen LogP contribution in [-0.4, -0.2) is 25.4 Å². The molecule has 1 aromatic rings. The normalized spacial score (nSPS) is 12.4. The quantitative estimate of drug-likeness (QED) is 0.509. The van der Waals surface area contributed by atoms with Gasteiger partial charge in [0.2, 0.25) is 0 Å². The van der Waals surface area contributed by atoms with Crippen LogP contribution in [0.3, 0.4) is 0 Å². The summed E-state index contributed by atoms with van der Waals surface area (Å²) in [4.78, 5) is 1.33. The molecule has 2 nitrogen and oxygen atoms in total. The highest BCUT2D eigenvalue weighted by molar-refractivity contribution is 7.99. The summed E-state index contributed by atoms with van der Waals surface area (Å²) in [6.07, 6.45) is 5.00. The maximum Gasteiger partial charge on any atom is 0.118 e. The Hall–Kier alpha value is -0.670. The Morgan fingerprint density at radius 3 is 2.53 bits per heavy atom. The van der Waals surface area contributed by atoms with Crippen molar-refractivity contribution in [3.05, 3.63) is 24.3 Å². The van der Waals surface area contributed by atoms with Crippen LogP contribution < -0.4 is 10.1 Å². The molecule has 1 atom stereocenters. The fourth-order valence-electron chi connectivity index (χ4n) is 1.99. The monoisotopic (exact) mass is 281 g/mol. The van der Waals surface area contributed by atoms with Crippen molar-refractivity contribution in [3.63, 3.8) is 0 Å². The average molecular weight is 281 g/mol. The van der Waals surface area contributed by atoms with Crippen LogP contribution in [0.2, 0.25) is 0 Å². The summed E-state index contributed by atoms with van der Waals surface area (Å²) in [6.45, 7) is 5.63. The van der Waals surface area contributed by atoms with Crippen LogP contribution in [0.25, 0.3) is 0 Å². The minimum Gasteiger partial charge on any atom is -0.497 e. The van der Waals surface area contributed by atoms with Gasteiger partial charge in [-0.2, -0.15) is 0 Å². The van der Waals surface area contributed by atoms with Crippen molar-refractivity contribution in [2.45, 2.75) is 50.5 Å². The Kier molecular flexibility index (Phi) is 8.76. The molecule has 0 saturated heterocycles. The number of nitrogens with one attached hydrogen (secondary N) is 1. The first-order valence-corrected chi connectivity index (χ1v) is 8.29. The van der Waals surface area contributed by atoms with E-state index < -0.39 is 0 Å². The molecule has 0 aromatic heterocycles. The number of hydrogen-bond acceptors (Lipinski definition) is 3. The molecule has 0 aliphatic rings. The van der Waals surface area contributed by atoms with Crippen LogP contribution in [0.5, 0.6) is 5.75 Å². The molecule has 0 fully saturated rings. The molecule has 0 amide bonds. The van der Waals surface area contributed by atoms with Crippen LogP contribution in [0, 0.1) is 0 Å². The van der Waals surface area contributed by atoms with Crippen molar-refractivity contribution in [1.29, 1.82) is 0 Å². The minimum atomic E-state index is 0.691. The van der Waals surface area contributed by atoms with Crippen molar-refractivity contribution < 1.29 is 4.74 Å².